The third-order valence-corrected chi connectivity index (χ3v) is 4.80. The number of guanidine groups is 1. The molecule has 0 radical (unpaired) electrons. The van der Waals surface area contributed by atoms with Gasteiger partial charge >= 0.3 is 0 Å². The van der Waals surface area contributed by atoms with Gasteiger partial charge in [0.15, 0.2) is 5.96 Å². The van der Waals surface area contributed by atoms with Crippen LogP contribution in [0.15, 0.2) is 29.5 Å². The van der Waals surface area contributed by atoms with Crippen LogP contribution in [0.2, 0.25) is 0 Å². The van der Waals surface area contributed by atoms with E-state index in [2.05, 4.69) is 25.9 Å². The van der Waals surface area contributed by atoms with Crippen molar-refractivity contribution in [3.05, 3.63) is 24.5 Å². The monoisotopic (exact) mass is 361 g/mol. The fourth-order valence-electron chi connectivity index (χ4n) is 3.36. The highest BCUT2D eigenvalue weighted by atomic mass is 16.5. The van der Waals surface area contributed by atoms with E-state index in [1.807, 2.05) is 6.92 Å². The Labute approximate surface area is 156 Å². The second-order valence-electron chi connectivity index (χ2n) is 6.79. The first-order chi connectivity index (χ1) is 12.7. The minimum Gasteiger partial charge on any atom is -0.385 e. The van der Waals surface area contributed by atoms with E-state index in [0.29, 0.717) is 11.6 Å². The van der Waals surface area contributed by atoms with E-state index in [4.69, 9.17) is 4.74 Å². The number of anilines is 1. The maximum Gasteiger partial charge on any atom is 0.246 e. The maximum absolute atomic E-state index is 12.1. The second kappa shape index (κ2) is 10.8. The molecule has 0 atom stereocenters. The van der Waals surface area contributed by atoms with Gasteiger partial charge < -0.3 is 20.7 Å². The van der Waals surface area contributed by atoms with Crippen molar-refractivity contribution in [3.63, 3.8) is 0 Å². The Balaban J connectivity index is 1.88. The number of aliphatic imine (C=N–C) groups is 1. The van der Waals surface area contributed by atoms with Crippen LogP contribution in [-0.2, 0) is 9.53 Å². The number of aromatic nitrogens is 1. The summed E-state index contributed by atoms with van der Waals surface area (Å²) in [5, 5.41) is 9.43. The molecule has 1 heterocycles. The summed E-state index contributed by atoms with van der Waals surface area (Å²) in [6.45, 7) is 4.47. The summed E-state index contributed by atoms with van der Waals surface area (Å²) < 4.78 is 5.29. The molecular weight excluding hydrogens is 330 g/mol. The Morgan fingerprint density at radius 3 is 2.81 bits per heavy atom. The van der Waals surface area contributed by atoms with Crippen LogP contribution in [0.25, 0.3) is 0 Å². The van der Waals surface area contributed by atoms with Crippen molar-refractivity contribution >= 4 is 17.6 Å². The summed E-state index contributed by atoms with van der Waals surface area (Å²) >= 11 is 0. The normalized spacial score (nSPS) is 16.3. The molecule has 1 amide bonds. The molecule has 0 bridgehead atoms. The molecule has 1 aliphatic rings. The van der Waals surface area contributed by atoms with E-state index < -0.39 is 0 Å². The van der Waals surface area contributed by atoms with Gasteiger partial charge in [-0.3, -0.25) is 9.78 Å². The molecule has 1 aromatic rings. The van der Waals surface area contributed by atoms with Gasteiger partial charge in [0.2, 0.25) is 5.91 Å². The van der Waals surface area contributed by atoms with Crippen molar-refractivity contribution in [1.82, 2.24) is 15.6 Å². The molecule has 1 aromatic heterocycles. The van der Waals surface area contributed by atoms with Crippen molar-refractivity contribution in [3.8, 4) is 0 Å². The summed E-state index contributed by atoms with van der Waals surface area (Å²) in [5.41, 5.74) is 0.944. The Morgan fingerprint density at radius 1 is 1.35 bits per heavy atom. The molecule has 2 rings (SSSR count). The number of rotatable bonds is 9. The fourth-order valence-corrected chi connectivity index (χ4v) is 3.36. The van der Waals surface area contributed by atoms with Crippen LogP contribution in [0.3, 0.4) is 0 Å². The molecule has 0 spiro atoms. The third kappa shape index (κ3) is 6.63. The molecule has 0 unspecified atom stereocenters. The Bertz CT molecular complexity index is 571. The maximum atomic E-state index is 12.1. The number of nitrogens with one attached hydrogen (secondary N) is 3. The number of hydrogen-bond donors (Lipinski definition) is 3. The van der Waals surface area contributed by atoms with Gasteiger partial charge in [0.05, 0.1) is 11.9 Å². The fraction of sp³-hybridized carbons (Fsp3) is 0.632. The lowest BCUT2D eigenvalue weighted by Gasteiger charge is -2.29. The van der Waals surface area contributed by atoms with E-state index in [1.165, 1.54) is 25.7 Å². The smallest absolute Gasteiger partial charge is 0.246 e. The van der Waals surface area contributed by atoms with E-state index in [0.717, 1.165) is 26.1 Å². The second-order valence-corrected chi connectivity index (χ2v) is 6.79. The molecule has 3 N–H and O–H groups in total. The molecule has 7 heteroatoms. The summed E-state index contributed by atoms with van der Waals surface area (Å²) in [6.07, 6.45) is 9.30. The highest BCUT2D eigenvalue weighted by Crippen LogP contribution is 2.40. The standard InChI is InChI=1S/C19H31N5O2/c1-3-21-18(22-14-17(25)24-16-7-6-11-20-13-16)23-15-19(10-12-26-2)8-4-5-9-19/h6-7,11,13H,3-5,8-10,12,14-15H2,1-2H3,(H,24,25)(H2,21,22,23). The van der Waals surface area contributed by atoms with Gasteiger partial charge in [-0.1, -0.05) is 12.8 Å². The average molecular weight is 361 g/mol. The Kier molecular flexibility index (Phi) is 8.34. The molecule has 144 valence electrons. The minimum atomic E-state index is -0.162. The van der Waals surface area contributed by atoms with Crippen molar-refractivity contribution in [2.24, 2.45) is 10.4 Å². The van der Waals surface area contributed by atoms with Crippen LogP contribution in [0, 0.1) is 5.41 Å². The first-order valence-corrected chi connectivity index (χ1v) is 9.38. The average Bonchev–Trinajstić information content (AvgIpc) is 3.12. The lowest BCUT2D eigenvalue weighted by Crippen LogP contribution is -2.43. The van der Waals surface area contributed by atoms with Crippen LogP contribution >= 0.6 is 0 Å². The van der Waals surface area contributed by atoms with Crippen LogP contribution in [0.5, 0.6) is 0 Å². The number of methoxy groups -OCH3 is 1. The molecule has 26 heavy (non-hydrogen) atoms. The molecule has 1 saturated carbocycles. The number of ether oxygens (including phenoxy) is 1. The number of nitrogens with zero attached hydrogens (tertiary/aromatic N) is 2. The largest absolute Gasteiger partial charge is 0.385 e. The van der Waals surface area contributed by atoms with Gasteiger partial charge in [0.1, 0.15) is 6.54 Å². The quantitative estimate of drug-likeness (QED) is 0.463. The zero-order chi connectivity index (χ0) is 18.7. The van der Waals surface area contributed by atoms with Gasteiger partial charge in [-0.05, 0) is 43.7 Å². The lowest BCUT2D eigenvalue weighted by molar-refractivity contribution is -0.114. The zero-order valence-corrected chi connectivity index (χ0v) is 15.9. The van der Waals surface area contributed by atoms with Crippen LogP contribution < -0.4 is 16.0 Å². The number of carbonyl (C=O) groups excluding carboxylic acids is 1. The molecule has 0 aromatic carbocycles. The lowest BCUT2D eigenvalue weighted by atomic mass is 9.83. The molecule has 7 nitrogen and oxygen atoms in total. The Morgan fingerprint density at radius 2 is 2.15 bits per heavy atom. The van der Waals surface area contributed by atoms with E-state index >= 15 is 0 Å². The minimum absolute atomic E-state index is 0.0648. The molecular formula is C19H31N5O2. The summed E-state index contributed by atoms with van der Waals surface area (Å²) in [5.74, 6) is 0.516. The highest BCUT2D eigenvalue weighted by molar-refractivity contribution is 5.93. The van der Waals surface area contributed by atoms with Gasteiger partial charge in [-0.15, -0.1) is 0 Å². The van der Waals surface area contributed by atoms with Gasteiger partial charge in [-0.25, -0.2) is 4.99 Å². The topological polar surface area (TPSA) is 87.6 Å². The molecule has 0 saturated heterocycles. The Hall–Kier alpha value is -2.15. The zero-order valence-electron chi connectivity index (χ0n) is 15.9. The van der Waals surface area contributed by atoms with E-state index in [9.17, 15) is 4.79 Å². The SMILES string of the molecule is CCNC(=NCC(=O)Nc1cccnc1)NCC1(CCOC)CCCC1. The predicted octanol–water partition coefficient (Wildman–Crippen LogP) is 2.17. The number of pyridine rings is 1. The first kappa shape index (κ1) is 20.2. The van der Waals surface area contributed by atoms with E-state index in [1.54, 1.807) is 31.6 Å². The van der Waals surface area contributed by atoms with Crippen LogP contribution in [0.4, 0.5) is 5.69 Å². The van der Waals surface area contributed by atoms with Crippen molar-refractivity contribution in [2.45, 2.75) is 39.0 Å². The van der Waals surface area contributed by atoms with Crippen LogP contribution in [0.1, 0.15) is 39.0 Å². The molecule has 1 aliphatic carbocycles. The molecule has 0 aliphatic heterocycles. The van der Waals surface area contributed by atoms with Crippen LogP contribution in [-0.4, -0.2) is 50.2 Å². The number of carbonyl (C=O) groups is 1. The first-order valence-electron chi connectivity index (χ1n) is 9.38. The van der Waals surface area contributed by atoms with Gasteiger partial charge in [0, 0.05) is 33.0 Å². The van der Waals surface area contributed by atoms with Crippen molar-refractivity contribution < 1.29 is 9.53 Å². The summed E-state index contributed by atoms with van der Waals surface area (Å²) in [6, 6.07) is 3.59. The van der Waals surface area contributed by atoms with Gasteiger partial charge in [-0.2, -0.15) is 0 Å². The predicted molar refractivity (Wildman–Crippen MR) is 104 cm³/mol. The van der Waals surface area contributed by atoms with Crippen molar-refractivity contribution in [1.29, 1.82) is 0 Å². The highest BCUT2D eigenvalue weighted by Gasteiger charge is 2.33. The summed E-state index contributed by atoms with van der Waals surface area (Å²) in [4.78, 5) is 20.5. The summed E-state index contributed by atoms with van der Waals surface area (Å²) in [7, 11) is 1.75. The van der Waals surface area contributed by atoms with Gasteiger partial charge in [0.25, 0.3) is 0 Å². The third-order valence-electron chi connectivity index (χ3n) is 4.80. The van der Waals surface area contributed by atoms with E-state index in [-0.39, 0.29) is 17.9 Å². The molecule has 1 fully saturated rings. The number of amides is 1. The van der Waals surface area contributed by atoms with Crippen molar-refractivity contribution in [2.75, 3.05) is 38.7 Å². The number of hydrogen-bond acceptors (Lipinski definition) is 4.